The smallest absolute Gasteiger partial charge is 0.120 e. The summed E-state index contributed by atoms with van der Waals surface area (Å²) in [5, 5.41) is 10.3. The maximum absolute atomic E-state index is 9.71. The Morgan fingerprint density at radius 1 is 1.36 bits per heavy atom. The van der Waals surface area contributed by atoms with Gasteiger partial charge in [-0.2, -0.15) is 0 Å². The second-order valence-corrected chi connectivity index (χ2v) is 4.41. The molecule has 76 valence electrons. The molecule has 0 aliphatic heterocycles. The summed E-state index contributed by atoms with van der Waals surface area (Å²) in [5.41, 5.74) is 6.82. The van der Waals surface area contributed by atoms with Gasteiger partial charge in [0.15, 0.2) is 0 Å². The van der Waals surface area contributed by atoms with E-state index in [0.29, 0.717) is 16.7 Å². The Morgan fingerprint density at radius 2 is 2.14 bits per heavy atom. The van der Waals surface area contributed by atoms with Crippen LogP contribution in [0.4, 0.5) is 0 Å². The minimum absolute atomic E-state index is 0.287. The van der Waals surface area contributed by atoms with Crippen molar-refractivity contribution in [3.63, 3.8) is 0 Å². The van der Waals surface area contributed by atoms with Crippen LogP contribution in [-0.4, -0.2) is 11.1 Å². The summed E-state index contributed by atoms with van der Waals surface area (Å²) in [6.07, 6.45) is 3.08. The lowest BCUT2D eigenvalue weighted by molar-refractivity contribution is 0.460. The third-order valence-electron chi connectivity index (χ3n) is 2.91. The molecule has 0 spiro atoms. The number of phenolic OH excluding ortho intramolecular Hbond substituents is 1. The van der Waals surface area contributed by atoms with Crippen LogP contribution < -0.4 is 5.73 Å². The number of nitrogens with two attached hydrogens (primary N) is 1. The van der Waals surface area contributed by atoms with E-state index in [2.05, 4.69) is 0 Å². The van der Waals surface area contributed by atoms with Crippen molar-refractivity contribution in [3.8, 4) is 5.75 Å². The predicted molar refractivity (Wildman–Crippen MR) is 57.7 cm³/mol. The zero-order valence-corrected chi connectivity index (χ0v) is 8.67. The van der Waals surface area contributed by atoms with Crippen molar-refractivity contribution in [1.82, 2.24) is 0 Å². The lowest BCUT2D eigenvalue weighted by Crippen LogP contribution is -2.14. The molecule has 0 radical (unpaired) electrons. The molecule has 0 heterocycles. The molecule has 1 fully saturated rings. The highest BCUT2D eigenvalue weighted by atomic mass is 35.5. The van der Waals surface area contributed by atoms with Gasteiger partial charge in [-0.1, -0.05) is 17.7 Å². The predicted octanol–water partition coefficient (Wildman–Crippen LogP) is 2.64. The lowest BCUT2D eigenvalue weighted by atomic mass is 9.96. The van der Waals surface area contributed by atoms with E-state index in [1.165, 1.54) is 0 Å². The zero-order chi connectivity index (χ0) is 10.1. The summed E-state index contributed by atoms with van der Waals surface area (Å²) < 4.78 is 0. The molecule has 3 heteroatoms. The van der Waals surface area contributed by atoms with Crippen molar-refractivity contribution >= 4 is 11.6 Å². The lowest BCUT2D eigenvalue weighted by Gasteiger charge is -2.11. The van der Waals surface area contributed by atoms with E-state index in [1.54, 1.807) is 6.07 Å². The highest BCUT2D eigenvalue weighted by Gasteiger charge is 2.24. The number of halogens is 1. The molecular formula is C11H14ClNO. The molecule has 14 heavy (non-hydrogen) atoms. The average molecular weight is 212 g/mol. The van der Waals surface area contributed by atoms with Crippen LogP contribution in [0, 0.1) is 0 Å². The quantitative estimate of drug-likeness (QED) is 0.750. The standard InChI is InChI=1S/C11H14ClNO/c12-8-2-4-10(11(14)6-8)7-1-3-9(13)5-7/h2,4,6-7,9,14H,1,3,5,13H2. The SMILES string of the molecule is NC1CCC(c2ccc(Cl)cc2O)C1. The first-order chi connectivity index (χ1) is 6.66. The number of hydrogen-bond donors (Lipinski definition) is 2. The second kappa shape index (κ2) is 3.79. The van der Waals surface area contributed by atoms with E-state index in [1.807, 2.05) is 12.1 Å². The normalized spacial score (nSPS) is 26.7. The highest BCUT2D eigenvalue weighted by Crippen LogP contribution is 2.38. The Hall–Kier alpha value is -0.730. The molecule has 0 bridgehead atoms. The molecule has 3 N–H and O–H groups in total. The fraction of sp³-hybridized carbons (Fsp3) is 0.455. The molecule has 0 amide bonds. The largest absolute Gasteiger partial charge is 0.508 e. The van der Waals surface area contributed by atoms with Gasteiger partial charge in [0.1, 0.15) is 5.75 Å². The molecule has 2 atom stereocenters. The Morgan fingerprint density at radius 3 is 2.71 bits per heavy atom. The summed E-state index contributed by atoms with van der Waals surface area (Å²) in [6.45, 7) is 0. The van der Waals surface area contributed by atoms with Gasteiger partial charge in [0.2, 0.25) is 0 Å². The summed E-state index contributed by atoms with van der Waals surface area (Å²) in [4.78, 5) is 0. The monoisotopic (exact) mass is 211 g/mol. The van der Waals surface area contributed by atoms with Gasteiger partial charge in [-0.3, -0.25) is 0 Å². The maximum atomic E-state index is 9.71. The average Bonchev–Trinajstić information content (AvgIpc) is 2.51. The minimum atomic E-state index is 0.287. The summed E-state index contributed by atoms with van der Waals surface area (Å²) in [5.74, 6) is 0.707. The van der Waals surface area contributed by atoms with Crippen LogP contribution in [0.25, 0.3) is 0 Å². The van der Waals surface area contributed by atoms with Gasteiger partial charge in [0.05, 0.1) is 0 Å². The molecular weight excluding hydrogens is 198 g/mol. The molecule has 1 aromatic carbocycles. The van der Waals surface area contributed by atoms with E-state index >= 15 is 0 Å². The molecule has 2 nitrogen and oxygen atoms in total. The van der Waals surface area contributed by atoms with Gasteiger partial charge in [-0.25, -0.2) is 0 Å². The van der Waals surface area contributed by atoms with Crippen LogP contribution in [0.3, 0.4) is 0 Å². The van der Waals surface area contributed by atoms with Gasteiger partial charge in [0.25, 0.3) is 0 Å². The number of phenols is 1. The van der Waals surface area contributed by atoms with E-state index < -0.39 is 0 Å². The van der Waals surface area contributed by atoms with Crippen LogP contribution in [0.2, 0.25) is 5.02 Å². The van der Waals surface area contributed by atoms with Crippen molar-refractivity contribution in [2.75, 3.05) is 0 Å². The van der Waals surface area contributed by atoms with Crippen LogP contribution in [0.5, 0.6) is 5.75 Å². The maximum Gasteiger partial charge on any atom is 0.120 e. The molecule has 1 aliphatic carbocycles. The molecule has 1 aromatic rings. The molecule has 2 rings (SSSR count). The van der Waals surface area contributed by atoms with Crippen molar-refractivity contribution in [2.45, 2.75) is 31.2 Å². The van der Waals surface area contributed by atoms with E-state index in [4.69, 9.17) is 17.3 Å². The Labute approximate surface area is 88.7 Å². The molecule has 0 aromatic heterocycles. The van der Waals surface area contributed by atoms with Crippen LogP contribution in [-0.2, 0) is 0 Å². The third-order valence-corrected chi connectivity index (χ3v) is 3.14. The molecule has 1 aliphatic rings. The Bertz CT molecular complexity index is 340. The fourth-order valence-corrected chi connectivity index (χ4v) is 2.33. The molecule has 0 saturated heterocycles. The summed E-state index contributed by atoms with van der Waals surface area (Å²) >= 11 is 5.77. The zero-order valence-electron chi connectivity index (χ0n) is 7.91. The first-order valence-electron chi connectivity index (χ1n) is 4.91. The number of hydrogen-bond acceptors (Lipinski definition) is 2. The highest BCUT2D eigenvalue weighted by molar-refractivity contribution is 6.30. The van der Waals surface area contributed by atoms with E-state index in [0.717, 1.165) is 24.8 Å². The van der Waals surface area contributed by atoms with Gasteiger partial charge < -0.3 is 10.8 Å². The third kappa shape index (κ3) is 1.86. The Kier molecular flexibility index (Phi) is 2.66. The van der Waals surface area contributed by atoms with Crippen LogP contribution >= 0.6 is 11.6 Å². The van der Waals surface area contributed by atoms with E-state index in [-0.39, 0.29) is 6.04 Å². The van der Waals surface area contributed by atoms with Crippen molar-refractivity contribution in [2.24, 2.45) is 5.73 Å². The molecule has 1 saturated carbocycles. The number of benzene rings is 1. The van der Waals surface area contributed by atoms with Crippen LogP contribution in [0.15, 0.2) is 18.2 Å². The topological polar surface area (TPSA) is 46.2 Å². The van der Waals surface area contributed by atoms with Crippen LogP contribution in [0.1, 0.15) is 30.7 Å². The molecule has 2 unspecified atom stereocenters. The fourth-order valence-electron chi connectivity index (χ4n) is 2.16. The van der Waals surface area contributed by atoms with Gasteiger partial charge >= 0.3 is 0 Å². The first-order valence-corrected chi connectivity index (χ1v) is 5.28. The summed E-state index contributed by atoms with van der Waals surface area (Å²) in [6, 6.07) is 5.61. The Balaban J connectivity index is 2.24. The minimum Gasteiger partial charge on any atom is -0.508 e. The van der Waals surface area contributed by atoms with Crippen molar-refractivity contribution in [1.29, 1.82) is 0 Å². The number of rotatable bonds is 1. The van der Waals surface area contributed by atoms with Gasteiger partial charge in [-0.15, -0.1) is 0 Å². The van der Waals surface area contributed by atoms with Crippen molar-refractivity contribution in [3.05, 3.63) is 28.8 Å². The number of aromatic hydroxyl groups is 1. The van der Waals surface area contributed by atoms with Gasteiger partial charge in [0, 0.05) is 11.1 Å². The summed E-state index contributed by atoms with van der Waals surface area (Å²) in [7, 11) is 0. The van der Waals surface area contributed by atoms with Crippen molar-refractivity contribution < 1.29 is 5.11 Å². The van der Waals surface area contributed by atoms with Gasteiger partial charge in [-0.05, 0) is 42.9 Å². The van der Waals surface area contributed by atoms with E-state index in [9.17, 15) is 5.11 Å². The first kappa shape index (κ1) is 9.81. The second-order valence-electron chi connectivity index (χ2n) is 3.97.